The second kappa shape index (κ2) is 6.61. The number of H-pyrrole nitrogens is 1. The van der Waals surface area contributed by atoms with Gasteiger partial charge in [-0.2, -0.15) is 0 Å². The first-order valence-electron chi connectivity index (χ1n) is 9.03. The molecule has 0 spiro atoms. The molecular weight excluding hydrogens is 346 g/mol. The molecule has 0 bridgehead atoms. The fraction of sp³-hybridized carbons (Fsp3) is 0.421. The predicted octanol–water partition coefficient (Wildman–Crippen LogP) is 2.25. The zero-order valence-electron chi connectivity index (χ0n) is 15.6. The van der Waals surface area contributed by atoms with Gasteiger partial charge in [-0.05, 0) is 39.7 Å². The predicted molar refractivity (Wildman–Crippen MR) is 98.8 cm³/mol. The Kier molecular flexibility index (Phi) is 4.25. The lowest BCUT2D eigenvalue weighted by molar-refractivity contribution is 0.0707. The van der Waals surface area contributed by atoms with Crippen molar-refractivity contribution in [3.8, 4) is 0 Å². The number of rotatable bonds is 2. The molecule has 0 saturated carbocycles. The number of hydrogen-bond acceptors (Lipinski definition) is 6. The summed E-state index contributed by atoms with van der Waals surface area (Å²) in [6, 6.07) is 3.32. The summed E-state index contributed by atoms with van der Waals surface area (Å²) in [6.45, 7) is 6.60. The van der Waals surface area contributed by atoms with Crippen molar-refractivity contribution in [2.24, 2.45) is 0 Å². The molecule has 1 atom stereocenters. The highest BCUT2D eigenvalue weighted by Crippen LogP contribution is 2.28. The molecule has 0 aliphatic carbocycles. The second-order valence-corrected chi connectivity index (χ2v) is 7.11. The van der Waals surface area contributed by atoms with Crippen molar-refractivity contribution in [2.45, 2.75) is 39.5 Å². The number of hydrogen-bond donors (Lipinski definition) is 1. The molecule has 1 aliphatic heterocycles. The number of likely N-dealkylation sites (tertiary alicyclic amines) is 1. The second-order valence-electron chi connectivity index (χ2n) is 7.11. The number of pyridine rings is 1. The van der Waals surface area contributed by atoms with Gasteiger partial charge in [-0.3, -0.25) is 9.59 Å². The SMILES string of the molecule is Cc1cc(C(=O)N2CCCC(c3cc(=O)[nH]c(C)n3)C2)c2c(C)noc2n1. The van der Waals surface area contributed by atoms with Gasteiger partial charge in [-0.15, -0.1) is 0 Å². The van der Waals surface area contributed by atoms with Gasteiger partial charge >= 0.3 is 0 Å². The summed E-state index contributed by atoms with van der Waals surface area (Å²) in [5.41, 5.74) is 2.89. The number of nitrogens with zero attached hydrogens (tertiary/aromatic N) is 4. The maximum atomic E-state index is 13.3. The van der Waals surface area contributed by atoms with Crippen molar-refractivity contribution in [3.63, 3.8) is 0 Å². The Balaban J connectivity index is 1.66. The fourth-order valence-corrected chi connectivity index (χ4v) is 3.77. The van der Waals surface area contributed by atoms with Crippen LogP contribution in [-0.2, 0) is 0 Å². The van der Waals surface area contributed by atoms with Crippen molar-refractivity contribution < 1.29 is 9.32 Å². The molecule has 8 heteroatoms. The fourth-order valence-electron chi connectivity index (χ4n) is 3.77. The Morgan fingerprint density at radius 2 is 2.07 bits per heavy atom. The van der Waals surface area contributed by atoms with Gasteiger partial charge in [0.25, 0.3) is 17.2 Å². The Morgan fingerprint density at radius 1 is 1.26 bits per heavy atom. The maximum absolute atomic E-state index is 13.3. The molecule has 1 unspecified atom stereocenters. The van der Waals surface area contributed by atoms with E-state index in [1.807, 2.05) is 18.7 Å². The number of carbonyl (C=O) groups excluding carboxylic acids is 1. The standard InChI is InChI=1S/C19H21N5O3/c1-10-7-14(17-11(2)23-27-18(17)20-10)19(26)24-6-4-5-13(9-24)15-8-16(25)22-12(3)21-15/h7-8,13H,4-6,9H2,1-3H3,(H,21,22,25). The summed E-state index contributed by atoms with van der Waals surface area (Å²) < 4.78 is 5.24. The third-order valence-corrected chi connectivity index (χ3v) is 4.98. The number of amides is 1. The third-order valence-electron chi connectivity index (χ3n) is 4.98. The number of piperidine rings is 1. The largest absolute Gasteiger partial charge is 0.338 e. The Hall–Kier alpha value is -3.03. The zero-order valence-corrected chi connectivity index (χ0v) is 15.6. The van der Waals surface area contributed by atoms with E-state index in [0.29, 0.717) is 47.0 Å². The van der Waals surface area contributed by atoms with Crippen LogP contribution in [0.2, 0.25) is 0 Å². The van der Waals surface area contributed by atoms with Gasteiger partial charge in [0.05, 0.1) is 22.3 Å². The van der Waals surface area contributed by atoms with Crippen LogP contribution in [0, 0.1) is 20.8 Å². The van der Waals surface area contributed by atoms with E-state index < -0.39 is 0 Å². The van der Waals surface area contributed by atoms with Crippen LogP contribution in [0.3, 0.4) is 0 Å². The minimum absolute atomic E-state index is 0.0469. The molecule has 8 nitrogen and oxygen atoms in total. The molecule has 3 aromatic heterocycles. The molecule has 0 aromatic carbocycles. The zero-order chi connectivity index (χ0) is 19.1. The quantitative estimate of drug-likeness (QED) is 0.745. The van der Waals surface area contributed by atoms with Gasteiger partial charge in [0, 0.05) is 30.8 Å². The molecule has 1 amide bonds. The van der Waals surface area contributed by atoms with Gasteiger partial charge in [0.15, 0.2) is 0 Å². The molecule has 4 rings (SSSR count). The van der Waals surface area contributed by atoms with E-state index in [0.717, 1.165) is 18.5 Å². The normalized spacial score (nSPS) is 17.4. The van der Waals surface area contributed by atoms with Gasteiger partial charge < -0.3 is 14.4 Å². The molecule has 1 N–H and O–H groups in total. The summed E-state index contributed by atoms with van der Waals surface area (Å²) in [5, 5.41) is 4.62. The average Bonchev–Trinajstić information content (AvgIpc) is 3.00. The van der Waals surface area contributed by atoms with Crippen LogP contribution in [0.1, 0.15) is 52.0 Å². The topological polar surface area (TPSA) is 105 Å². The summed E-state index contributed by atoms with van der Waals surface area (Å²) in [5.74, 6) is 0.571. The molecule has 27 heavy (non-hydrogen) atoms. The van der Waals surface area contributed by atoms with E-state index in [1.165, 1.54) is 6.07 Å². The molecule has 1 aliphatic rings. The van der Waals surface area contributed by atoms with Gasteiger partial charge in [-0.1, -0.05) is 5.16 Å². The summed E-state index contributed by atoms with van der Waals surface area (Å²) in [6.07, 6.45) is 1.76. The van der Waals surface area contributed by atoms with Crippen molar-refractivity contribution >= 4 is 17.0 Å². The minimum Gasteiger partial charge on any atom is -0.338 e. The van der Waals surface area contributed by atoms with E-state index in [1.54, 1.807) is 13.0 Å². The number of nitrogens with one attached hydrogen (secondary N) is 1. The number of aryl methyl sites for hydroxylation is 3. The number of fused-ring (bicyclic) bond motifs is 1. The Morgan fingerprint density at radius 3 is 2.85 bits per heavy atom. The lowest BCUT2D eigenvalue weighted by Gasteiger charge is -2.32. The molecule has 3 aromatic rings. The van der Waals surface area contributed by atoms with Crippen LogP contribution in [-0.4, -0.2) is 44.0 Å². The minimum atomic E-state index is -0.160. The lowest BCUT2D eigenvalue weighted by atomic mass is 9.93. The molecule has 140 valence electrons. The first-order chi connectivity index (χ1) is 12.9. The van der Waals surface area contributed by atoms with Crippen LogP contribution in [0.25, 0.3) is 11.1 Å². The van der Waals surface area contributed by atoms with E-state index in [4.69, 9.17) is 4.52 Å². The van der Waals surface area contributed by atoms with E-state index in [2.05, 4.69) is 20.1 Å². The van der Waals surface area contributed by atoms with Crippen LogP contribution in [0.5, 0.6) is 0 Å². The molecule has 4 heterocycles. The van der Waals surface area contributed by atoms with E-state index in [-0.39, 0.29) is 17.4 Å². The van der Waals surface area contributed by atoms with Crippen LogP contribution < -0.4 is 5.56 Å². The van der Waals surface area contributed by atoms with Crippen LogP contribution in [0.15, 0.2) is 21.5 Å². The van der Waals surface area contributed by atoms with Crippen molar-refractivity contribution in [3.05, 3.63) is 51.0 Å². The summed E-state index contributed by atoms with van der Waals surface area (Å²) in [4.78, 5) is 38.3. The maximum Gasteiger partial charge on any atom is 0.258 e. The van der Waals surface area contributed by atoms with E-state index in [9.17, 15) is 9.59 Å². The average molecular weight is 367 g/mol. The molecule has 1 saturated heterocycles. The number of aromatic nitrogens is 4. The van der Waals surface area contributed by atoms with Crippen LogP contribution in [0.4, 0.5) is 0 Å². The molecule has 1 fully saturated rings. The van der Waals surface area contributed by atoms with Gasteiger partial charge in [-0.25, -0.2) is 9.97 Å². The highest BCUT2D eigenvalue weighted by Gasteiger charge is 2.29. The van der Waals surface area contributed by atoms with Crippen LogP contribution >= 0.6 is 0 Å². The van der Waals surface area contributed by atoms with Gasteiger partial charge in [0.2, 0.25) is 0 Å². The van der Waals surface area contributed by atoms with Gasteiger partial charge in [0.1, 0.15) is 5.82 Å². The number of aromatic amines is 1. The molecule has 0 radical (unpaired) electrons. The lowest BCUT2D eigenvalue weighted by Crippen LogP contribution is -2.39. The third kappa shape index (κ3) is 3.22. The summed E-state index contributed by atoms with van der Waals surface area (Å²) >= 11 is 0. The first kappa shape index (κ1) is 17.4. The van der Waals surface area contributed by atoms with Crippen molar-refractivity contribution in [2.75, 3.05) is 13.1 Å². The van der Waals surface area contributed by atoms with E-state index >= 15 is 0 Å². The Bertz CT molecular complexity index is 1080. The monoisotopic (exact) mass is 367 g/mol. The summed E-state index contributed by atoms with van der Waals surface area (Å²) in [7, 11) is 0. The van der Waals surface area contributed by atoms with Crippen molar-refractivity contribution in [1.82, 2.24) is 25.0 Å². The highest BCUT2D eigenvalue weighted by molar-refractivity contribution is 6.06. The highest BCUT2D eigenvalue weighted by atomic mass is 16.5. The Labute approximate surface area is 155 Å². The first-order valence-corrected chi connectivity index (χ1v) is 9.03. The number of carbonyl (C=O) groups is 1. The smallest absolute Gasteiger partial charge is 0.258 e. The molecular formula is C19H21N5O3. The van der Waals surface area contributed by atoms with Crippen molar-refractivity contribution in [1.29, 1.82) is 0 Å².